The molecule has 28 heavy (non-hydrogen) atoms. The van der Waals surface area contributed by atoms with Crippen molar-refractivity contribution in [2.45, 2.75) is 18.7 Å². The number of nitrogens with two attached hydrogens (primary N) is 1. The zero-order chi connectivity index (χ0) is 19.7. The fraction of sp³-hybridized carbons (Fsp3) is 0.208. The summed E-state index contributed by atoms with van der Waals surface area (Å²) >= 11 is 1.76. The van der Waals surface area contributed by atoms with Crippen molar-refractivity contribution in [3.05, 3.63) is 60.7 Å². The molecule has 3 nitrogen and oxygen atoms in total. The van der Waals surface area contributed by atoms with Gasteiger partial charge in [0.1, 0.15) is 0 Å². The smallest absolute Gasteiger partial charge is 0.0736 e. The first-order chi connectivity index (χ1) is 13.6. The molecule has 3 aromatic carbocycles. The van der Waals surface area contributed by atoms with E-state index in [2.05, 4.69) is 73.5 Å². The van der Waals surface area contributed by atoms with Crippen LogP contribution in [0.2, 0.25) is 0 Å². The van der Waals surface area contributed by atoms with Gasteiger partial charge in [-0.2, -0.15) is 0 Å². The van der Waals surface area contributed by atoms with Gasteiger partial charge in [0.05, 0.1) is 11.0 Å². The molecule has 0 amide bonds. The number of hydrogen-bond acceptors (Lipinski definition) is 4. The predicted octanol–water partition coefficient (Wildman–Crippen LogP) is 6.21. The number of benzene rings is 3. The molecule has 4 heteroatoms. The Morgan fingerprint density at radius 2 is 1.50 bits per heavy atom. The molecule has 0 aliphatic heterocycles. The molecular weight excluding hydrogens is 362 g/mol. The van der Waals surface area contributed by atoms with Gasteiger partial charge in [-0.1, -0.05) is 24.3 Å². The second-order valence-electron chi connectivity index (χ2n) is 6.87. The SMILES string of the molecule is CCN(CC)c1ccc2c(-c3ccc(SC)cc3)c3ccc(N)cc3nc2c1. The van der Waals surface area contributed by atoms with Gasteiger partial charge in [-0.15, -0.1) is 11.8 Å². The predicted molar refractivity (Wildman–Crippen MR) is 124 cm³/mol. The van der Waals surface area contributed by atoms with Crippen LogP contribution in [0.1, 0.15) is 13.8 Å². The number of anilines is 2. The molecule has 2 N–H and O–H groups in total. The summed E-state index contributed by atoms with van der Waals surface area (Å²) in [5, 5.41) is 2.30. The Labute approximate surface area is 170 Å². The van der Waals surface area contributed by atoms with Crippen LogP contribution in [-0.2, 0) is 0 Å². The standard InChI is InChI=1S/C24H25N3S/c1-4-27(5-2)18-9-13-21-23(15-18)26-22-14-17(25)8-12-20(22)24(21)16-6-10-19(28-3)11-7-16/h6-15H,4-5,25H2,1-3H3. The van der Waals surface area contributed by atoms with Gasteiger partial charge < -0.3 is 10.6 Å². The van der Waals surface area contributed by atoms with Crippen LogP contribution in [0.5, 0.6) is 0 Å². The van der Waals surface area contributed by atoms with Crippen molar-refractivity contribution in [1.82, 2.24) is 4.98 Å². The maximum atomic E-state index is 6.06. The molecule has 0 aliphatic rings. The average molecular weight is 388 g/mol. The zero-order valence-electron chi connectivity index (χ0n) is 16.6. The van der Waals surface area contributed by atoms with Gasteiger partial charge in [0, 0.05) is 45.7 Å². The summed E-state index contributed by atoms with van der Waals surface area (Å²) < 4.78 is 0. The third-order valence-corrected chi connectivity index (χ3v) is 6.03. The number of nitrogen functional groups attached to an aromatic ring is 1. The Bertz CT molecular complexity index is 1130. The van der Waals surface area contributed by atoms with E-state index in [0.717, 1.165) is 35.2 Å². The normalized spacial score (nSPS) is 11.2. The summed E-state index contributed by atoms with van der Waals surface area (Å²) in [6.07, 6.45) is 2.10. The Kier molecular flexibility index (Phi) is 5.14. The lowest BCUT2D eigenvalue weighted by atomic mass is 9.95. The summed E-state index contributed by atoms with van der Waals surface area (Å²) in [6.45, 7) is 6.32. The lowest BCUT2D eigenvalue weighted by molar-refractivity contribution is 0.867. The number of pyridine rings is 1. The molecule has 0 aliphatic carbocycles. The lowest BCUT2D eigenvalue weighted by Crippen LogP contribution is -2.21. The molecule has 0 unspecified atom stereocenters. The Morgan fingerprint density at radius 3 is 2.14 bits per heavy atom. The van der Waals surface area contributed by atoms with Crippen LogP contribution in [0.3, 0.4) is 0 Å². The second kappa shape index (κ2) is 7.72. The van der Waals surface area contributed by atoms with Gasteiger partial charge in [0.15, 0.2) is 0 Å². The number of thioether (sulfide) groups is 1. The molecule has 4 rings (SSSR count). The van der Waals surface area contributed by atoms with Crippen molar-refractivity contribution in [1.29, 1.82) is 0 Å². The van der Waals surface area contributed by atoms with Gasteiger partial charge >= 0.3 is 0 Å². The van der Waals surface area contributed by atoms with E-state index in [4.69, 9.17) is 10.7 Å². The molecule has 0 fully saturated rings. The first kappa shape index (κ1) is 18.6. The summed E-state index contributed by atoms with van der Waals surface area (Å²) in [6, 6.07) is 21.4. The lowest BCUT2D eigenvalue weighted by Gasteiger charge is -2.22. The van der Waals surface area contributed by atoms with Gasteiger partial charge in [0.25, 0.3) is 0 Å². The van der Waals surface area contributed by atoms with Crippen molar-refractivity contribution in [3.8, 4) is 11.1 Å². The third-order valence-electron chi connectivity index (χ3n) is 5.29. The monoisotopic (exact) mass is 387 g/mol. The molecular formula is C24H25N3S. The highest BCUT2D eigenvalue weighted by atomic mass is 32.2. The summed E-state index contributed by atoms with van der Waals surface area (Å²) in [5.74, 6) is 0. The van der Waals surface area contributed by atoms with Crippen LogP contribution in [0.25, 0.3) is 32.9 Å². The topological polar surface area (TPSA) is 42.1 Å². The van der Waals surface area contributed by atoms with E-state index in [-0.39, 0.29) is 0 Å². The van der Waals surface area contributed by atoms with E-state index in [1.807, 2.05) is 12.1 Å². The Balaban J connectivity index is 2.03. The Morgan fingerprint density at radius 1 is 0.857 bits per heavy atom. The van der Waals surface area contributed by atoms with Gasteiger partial charge in [-0.3, -0.25) is 0 Å². The quantitative estimate of drug-likeness (QED) is 0.251. The fourth-order valence-corrected chi connectivity index (χ4v) is 4.21. The zero-order valence-corrected chi connectivity index (χ0v) is 17.4. The largest absolute Gasteiger partial charge is 0.399 e. The van der Waals surface area contributed by atoms with E-state index < -0.39 is 0 Å². The molecule has 0 bridgehead atoms. The van der Waals surface area contributed by atoms with Crippen LogP contribution >= 0.6 is 11.8 Å². The minimum Gasteiger partial charge on any atom is -0.399 e. The molecule has 4 aromatic rings. The van der Waals surface area contributed by atoms with Crippen LogP contribution in [0.4, 0.5) is 11.4 Å². The maximum Gasteiger partial charge on any atom is 0.0736 e. The number of fused-ring (bicyclic) bond motifs is 2. The van der Waals surface area contributed by atoms with Crippen molar-refractivity contribution in [2.75, 3.05) is 30.0 Å². The fourth-order valence-electron chi connectivity index (χ4n) is 3.81. The molecule has 0 saturated carbocycles. The third kappa shape index (κ3) is 3.29. The molecule has 0 spiro atoms. The molecule has 1 aromatic heterocycles. The van der Waals surface area contributed by atoms with Crippen LogP contribution in [-0.4, -0.2) is 24.3 Å². The minimum absolute atomic E-state index is 0.739. The van der Waals surface area contributed by atoms with Crippen LogP contribution < -0.4 is 10.6 Å². The van der Waals surface area contributed by atoms with Crippen LogP contribution in [0.15, 0.2) is 65.6 Å². The molecule has 1 heterocycles. The van der Waals surface area contributed by atoms with Gasteiger partial charge in [-0.05, 0) is 62.1 Å². The van der Waals surface area contributed by atoms with Crippen molar-refractivity contribution >= 4 is 44.9 Å². The van der Waals surface area contributed by atoms with Gasteiger partial charge in [0.2, 0.25) is 0 Å². The van der Waals surface area contributed by atoms with Crippen LogP contribution in [0, 0.1) is 0 Å². The Hall–Kier alpha value is -2.72. The first-order valence-electron chi connectivity index (χ1n) is 9.67. The molecule has 0 radical (unpaired) electrons. The highest BCUT2D eigenvalue weighted by molar-refractivity contribution is 7.98. The van der Waals surface area contributed by atoms with Crippen molar-refractivity contribution < 1.29 is 0 Å². The number of hydrogen-bond donors (Lipinski definition) is 1. The molecule has 142 valence electrons. The van der Waals surface area contributed by atoms with Crippen molar-refractivity contribution in [2.24, 2.45) is 0 Å². The minimum atomic E-state index is 0.739. The van der Waals surface area contributed by atoms with E-state index in [9.17, 15) is 0 Å². The van der Waals surface area contributed by atoms with Gasteiger partial charge in [-0.25, -0.2) is 4.98 Å². The van der Waals surface area contributed by atoms with E-state index in [1.54, 1.807) is 11.8 Å². The molecule has 0 saturated heterocycles. The second-order valence-corrected chi connectivity index (χ2v) is 7.75. The van der Waals surface area contributed by atoms with E-state index in [0.29, 0.717) is 0 Å². The molecule has 0 atom stereocenters. The summed E-state index contributed by atoms with van der Waals surface area (Å²) in [5.41, 5.74) is 12.4. The van der Waals surface area contributed by atoms with Crippen molar-refractivity contribution in [3.63, 3.8) is 0 Å². The number of aromatic nitrogens is 1. The average Bonchev–Trinajstić information content (AvgIpc) is 2.73. The maximum absolute atomic E-state index is 6.06. The highest BCUT2D eigenvalue weighted by Crippen LogP contribution is 2.37. The summed E-state index contributed by atoms with van der Waals surface area (Å²) in [7, 11) is 0. The number of nitrogens with zero attached hydrogens (tertiary/aromatic N) is 2. The van der Waals surface area contributed by atoms with E-state index in [1.165, 1.54) is 27.1 Å². The van der Waals surface area contributed by atoms with E-state index >= 15 is 0 Å². The summed E-state index contributed by atoms with van der Waals surface area (Å²) in [4.78, 5) is 8.57. The first-order valence-corrected chi connectivity index (χ1v) is 10.9. The number of rotatable bonds is 5. The highest BCUT2D eigenvalue weighted by Gasteiger charge is 2.13.